The van der Waals surface area contributed by atoms with Crippen LogP contribution in [0.15, 0.2) is 65.2 Å². The fourth-order valence-electron chi connectivity index (χ4n) is 3.87. The highest BCUT2D eigenvalue weighted by Crippen LogP contribution is 2.29. The second-order valence-electron chi connectivity index (χ2n) is 7.26. The highest BCUT2D eigenvalue weighted by molar-refractivity contribution is 6.00. The first kappa shape index (κ1) is 18.4. The van der Waals surface area contributed by atoms with Crippen LogP contribution >= 0.6 is 0 Å². The molecule has 5 nitrogen and oxygen atoms in total. The van der Waals surface area contributed by atoms with E-state index in [0.717, 1.165) is 43.6 Å². The average Bonchev–Trinajstić information content (AvgIpc) is 3.24. The van der Waals surface area contributed by atoms with E-state index in [2.05, 4.69) is 10.3 Å². The molecule has 1 atom stereocenters. The van der Waals surface area contributed by atoms with Gasteiger partial charge in [0.05, 0.1) is 11.8 Å². The number of piperidine rings is 1. The van der Waals surface area contributed by atoms with Crippen molar-refractivity contribution in [2.45, 2.75) is 12.8 Å². The van der Waals surface area contributed by atoms with Gasteiger partial charge >= 0.3 is 0 Å². The maximum Gasteiger partial charge on any atom is 0.254 e. The molecule has 0 aliphatic carbocycles. The first-order chi connectivity index (χ1) is 13.8. The molecule has 1 aromatic heterocycles. The summed E-state index contributed by atoms with van der Waals surface area (Å²) in [4.78, 5) is 19.7. The minimum atomic E-state index is 0.0517. The molecule has 1 unspecified atom stereocenters. The number of benzene rings is 2. The van der Waals surface area contributed by atoms with Crippen molar-refractivity contribution in [1.82, 2.24) is 15.2 Å². The molecule has 5 heteroatoms. The smallest absolute Gasteiger partial charge is 0.254 e. The molecular formula is C23H25N3O2. The third-order valence-electron chi connectivity index (χ3n) is 5.25. The van der Waals surface area contributed by atoms with E-state index in [-0.39, 0.29) is 5.91 Å². The normalized spacial score (nSPS) is 16.9. The van der Waals surface area contributed by atoms with E-state index in [1.54, 1.807) is 6.20 Å². The minimum Gasteiger partial charge on any atom is -0.436 e. The van der Waals surface area contributed by atoms with Gasteiger partial charge in [-0.05, 0) is 44.5 Å². The van der Waals surface area contributed by atoms with E-state index >= 15 is 0 Å². The molecule has 1 fully saturated rings. The SMILES string of the molecule is CNCC1CCCN(C(=O)c2ccccc2-c2ncc(-c3ccccc3)o2)C1. The van der Waals surface area contributed by atoms with Crippen molar-refractivity contribution in [3.05, 3.63) is 66.4 Å². The number of carbonyl (C=O) groups is 1. The molecule has 1 saturated heterocycles. The van der Waals surface area contributed by atoms with E-state index in [4.69, 9.17) is 4.42 Å². The molecule has 144 valence electrons. The first-order valence-corrected chi connectivity index (χ1v) is 9.81. The summed E-state index contributed by atoms with van der Waals surface area (Å²) in [6.07, 6.45) is 3.92. The Morgan fingerprint density at radius 2 is 1.96 bits per heavy atom. The van der Waals surface area contributed by atoms with Gasteiger partial charge in [-0.1, -0.05) is 42.5 Å². The Kier molecular flexibility index (Phi) is 5.53. The monoisotopic (exact) mass is 375 g/mol. The quantitative estimate of drug-likeness (QED) is 0.730. The maximum absolute atomic E-state index is 13.3. The minimum absolute atomic E-state index is 0.0517. The molecule has 1 N–H and O–H groups in total. The predicted molar refractivity (Wildman–Crippen MR) is 110 cm³/mol. The number of likely N-dealkylation sites (tertiary alicyclic amines) is 1. The maximum atomic E-state index is 13.3. The van der Waals surface area contributed by atoms with Crippen LogP contribution in [0.25, 0.3) is 22.8 Å². The van der Waals surface area contributed by atoms with Gasteiger partial charge in [0.15, 0.2) is 5.76 Å². The fraction of sp³-hybridized carbons (Fsp3) is 0.304. The Balaban J connectivity index is 1.61. The van der Waals surface area contributed by atoms with Gasteiger partial charge in [-0.2, -0.15) is 0 Å². The molecule has 0 radical (unpaired) electrons. The van der Waals surface area contributed by atoms with Crippen molar-refractivity contribution >= 4 is 5.91 Å². The Hall–Kier alpha value is -2.92. The number of aromatic nitrogens is 1. The van der Waals surface area contributed by atoms with Crippen LogP contribution < -0.4 is 5.32 Å². The molecule has 2 aromatic carbocycles. The van der Waals surface area contributed by atoms with E-state index in [0.29, 0.717) is 23.1 Å². The second-order valence-corrected chi connectivity index (χ2v) is 7.26. The largest absolute Gasteiger partial charge is 0.436 e. The summed E-state index contributed by atoms with van der Waals surface area (Å²) in [5, 5.41) is 3.23. The van der Waals surface area contributed by atoms with Crippen LogP contribution in [-0.4, -0.2) is 42.5 Å². The Morgan fingerprint density at radius 1 is 1.18 bits per heavy atom. The number of hydrogen-bond donors (Lipinski definition) is 1. The van der Waals surface area contributed by atoms with Crippen molar-refractivity contribution < 1.29 is 9.21 Å². The number of hydrogen-bond acceptors (Lipinski definition) is 4. The fourth-order valence-corrected chi connectivity index (χ4v) is 3.87. The molecular weight excluding hydrogens is 350 g/mol. The van der Waals surface area contributed by atoms with Crippen LogP contribution in [0.3, 0.4) is 0 Å². The summed E-state index contributed by atoms with van der Waals surface area (Å²) in [6.45, 7) is 2.52. The van der Waals surface area contributed by atoms with E-state index in [1.807, 2.05) is 66.5 Å². The summed E-state index contributed by atoms with van der Waals surface area (Å²) in [7, 11) is 1.96. The zero-order chi connectivity index (χ0) is 19.3. The number of rotatable bonds is 5. The standard InChI is InChI=1S/C23H25N3O2/c1-24-14-17-8-7-13-26(16-17)23(27)20-12-6-5-11-19(20)22-25-15-21(28-22)18-9-3-2-4-10-18/h2-6,9-12,15,17,24H,7-8,13-14,16H2,1H3. The number of nitrogens with one attached hydrogen (secondary N) is 1. The van der Waals surface area contributed by atoms with Gasteiger partial charge < -0.3 is 14.6 Å². The Bertz CT molecular complexity index is 934. The zero-order valence-electron chi connectivity index (χ0n) is 16.1. The predicted octanol–water partition coefficient (Wildman–Crippen LogP) is 4.08. The first-order valence-electron chi connectivity index (χ1n) is 9.81. The third kappa shape index (κ3) is 3.85. The highest BCUT2D eigenvalue weighted by Gasteiger charge is 2.26. The van der Waals surface area contributed by atoms with Crippen molar-refractivity contribution in [2.24, 2.45) is 5.92 Å². The molecule has 0 spiro atoms. The number of nitrogens with zero attached hydrogens (tertiary/aromatic N) is 2. The van der Waals surface area contributed by atoms with Crippen molar-refractivity contribution in [3.8, 4) is 22.8 Å². The van der Waals surface area contributed by atoms with Crippen LogP contribution in [0.4, 0.5) is 0 Å². The van der Waals surface area contributed by atoms with E-state index in [9.17, 15) is 4.79 Å². The van der Waals surface area contributed by atoms with Gasteiger partial charge in [0, 0.05) is 24.2 Å². The lowest BCUT2D eigenvalue weighted by molar-refractivity contribution is 0.0675. The summed E-state index contributed by atoms with van der Waals surface area (Å²) in [6, 6.07) is 17.4. The molecule has 28 heavy (non-hydrogen) atoms. The molecule has 0 bridgehead atoms. The summed E-state index contributed by atoms with van der Waals surface area (Å²) in [5.74, 6) is 1.73. The zero-order valence-corrected chi connectivity index (χ0v) is 16.1. The van der Waals surface area contributed by atoms with Crippen LogP contribution in [0.1, 0.15) is 23.2 Å². The highest BCUT2D eigenvalue weighted by atomic mass is 16.4. The molecule has 3 aromatic rings. The van der Waals surface area contributed by atoms with E-state index < -0.39 is 0 Å². The second kappa shape index (κ2) is 8.40. The number of carbonyl (C=O) groups excluding carboxylic acids is 1. The van der Waals surface area contributed by atoms with Crippen molar-refractivity contribution in [1.29, 1.82) is 0 Å². The Labute approximate surface area is 165 Å². The van der Waals surface area contributed by atoms with Gasteiger partial charge in [-0.15, -0.1) is 0 Å². The van der Waals surface area contributed by atoms with Gasteiger partial charge in [-0.3, -0.25) is 4.79 Å². The van der Waals surface area contributed by atoms with Gasteiger partial charge in [-0.25, -0.2) is 4.98 Å². The van der Waals surface area contributed by atoms with Gasteiger partial charge in [0.2, 0.25) is 5.89 Å². The van der Waals surface area contributed by atoms with Crippen LogP contribution in [0.2, 0.25) is 0 Å². The lowest BCUT2D eigenvalue weighted by Gasteiger charge is -2.33. The van der Waals surface area contributed by atoms with Crippen molar-refractivity contribution in [2.75, 3.05) is 26.7 Å². The molecule has 1 aliphatic rings. The third-order valence-corrected chi connectivity index (χ3v) is 5.25. The van der Waals surface area contributed by atoms with Gasteiger partial charge in [0.25, 0.3) is 5.91 Å². The lowest BCUT2D eigenvalue weighted by Crippen LogP contribution is -2.42. The van der Waals surface area contributed by atoms with Crippen LogP contribution in [0.5, 0.6) is 0 Å². The average molecular weight is 375 g/mol. The van der Waals surface area contributed by atoms with E-state index in [1.165, 1.54) is 0 Å². The Morgan fingerprint density at radius 3 is 2.79 bits per heavy atom. The number of amides is 1. The number of oxazole rings is 1. The molecule has 2 heterocycles. The summed E-state index contributed by atoms with van der Waals surface area (Å²) in [5.41, 5.74) is 2.36. The molecule has 1 aliphatic heterocycles. The molecule has 0 saturated carbocycles. The molecule has 4 rings (SSSR count). The topological polar surface area (TPSA) is 58.4 Å². The lowest BCUT2D eigenvalue weighted by atomic mass is 9.96. The summed E-state index contributed by atoms with van der Waals surface area (Å²) >= 11 is 0. The summed E-state index contributed by atoms with van der Waals surface area (Å²) < 4.78 is 6.00. The van der Waals surface area contributed by atoms with Crippen LogP contribution in [0, 0.1) is 5.92 Å². The molecule has 1 amide bonds. The van der Waals surface area contributed by atoms with Gasteiger partial charge in [0.1, 0.15) is 0 Å². The van der Waals surface area contributed by atoms with Crippen molar-refractivity contribution in [3.63, 3.8) is 0 Å². The van der Waals surface area contributed by atoms with Crippen LogP contribution in [-0.2, 0) is 0 Å².